The molecule has 78 valence electrons. The zero-order valence-electron chi connectivity index (χ0n) is 8.45. The first kappa shape index (κ1) is 11.7. The zero-order valence-corrected chi connectivity index (χ0v) is 10.1. The van der Waals surface area contributed by atoms with E-state index < -0.39 is 0 Å². The molecule has 1 heterocycles. The van der Waals surface area contributed by atoms with E-state index >= 15 is 0 Å². The first-order valence-electron chi connectivity index (χ1n) is 4.67. The molecule has 1 aromatic rings. The van der Waals surface area contributed by atoms with E-state index in [0.29, 0.717) is 18.6 Å². The predicted molar refractivity (Wildman–Crippen MR) is 59.9 cm³/mol. The van der Waals surface area contributed by atoms with E-state index in [9.17, 15) is 4.79 Å². The molecule has 5 heteroatoms. The number of aromatic nitrogens is 2. The highest BCUT2D eigenvalue weighted by Crippen LogP contribution is 2.20. The highest BCUT2D eigenvalue weighted by atomic mass is 32.2. The maximum absolute atomic E-state index is 11.0. The Hall–Kier alpha value is -0.420. The van der Waals surface area contributed by atoms with E-state index in [1.54, 1.807) is 11.8 Å². The molecule has 0 aromatic carbocycles. The monoisotopic (exact) mass is 230 g/mol. The number of hydrogen-bond donors (Lipinski definition) is 0. The SMILES string of the molecule is CCC(=O)CCCSc1nc(C)ns1. The van der Waals surface area contributed by atoms with Crippen LogP contribution in [0.1, 0.15) is 32.0 Å². The quantitative estimate of drug-likeness (QED) is 0.556. The van der Waals surface area contributed by atoms with E-state index in [2.05, 4.69) is 9.36 Å². The van der Waals surface area contributed by atoms with Gasteiger partial charge in [-0.3, -0.25) is 4.79 Å². The molecule has 0 unspecified atom stereocenters. The molecule has 0 bridgehead atoms. The van der Waals surface area contributed by atoms with Gasteiger partial charge < -0.3 is 0 Å². The van der Waals surface area contributed by atoms with Crippen molar-refractivity contribution < 1.29 is 4.79 Å². The Morgan fingerprint density at radius 3 is 2.93 bits per heavy atom. The molecular weight excluding hydrogens is 216 g/mol. The molecule has 14 heavy (non-hydrogen) atoms. The molecule has 0 saturated carbocycles. The minimum Gasteiger partial charge on any atom is -0.300 e. The van der Waals surface area contributed by atoms with Gasteiger partial charge in [-0.1, -0.05) is 18.7 Å². The van der Waals surface area contributed by atoms with Gasteiger partial charge in [0.2, 0.25) is 0 Å². The number of hydrogen-bond acceptors (Lipinski definition) is 5. The van der Waals surface area contributed by atoms with Crippen molar-refractivity contribution in [3.05, 3.63) is 5.82 Å². The summed E-state index contributed by atoms with van der Waals surface area (Å²) in [6.45, 7) is 3.80. The molecule has 0 atom stereocenters. The number of ketones is 1. The summed E-state index contributed by atoms with van der Waals surface area (Å²) in [5.41, 5.74) is 0. The van der Waals surface area contributed by atoms with E-state index in [0.717, 1.165) is 22.3 Å². The molecule has 0 N–H and O–H groups in total. The van der Waals surface area contributed by atoms with Crippen molar-refractivity contribution in [3.8, 4) is 0 Å². The molecule has 0 aliphatic carbocycles. The third kappa shape index (κ3) is 4.19. The van der Waals surface area contributed by atoms with Crippen molar-refractivity contribution in [2.24, 2.45) is 0 Å². The molecule has 3 nitrogen and oxygen atoms in total. The Morgan fingerprint density at radius 2 is 2.36 bits per heavy atom. The molecule has 0 fully saturated rings. The van der Waals surface area contributed by atoms with E-state index in [-0.39, 0.29) is 0 Å². The van der Waals surface area contributed by atoms with Crippen molar-refractivity contribution >= 4 is 29.1 Å². The Kier molecular flexibility index (Phi) is 5.11. The van der Waals surface area contributed by atoms with Gasteiger partial charge in [0.15, 0.2) is 4.34 Å². The van der Waals surface area contributed by atoms with Gasteiger partial charge in [-0.2, -0.15) is 4.37 Å². The largest absolute Gasteiger partial charge is 0.300 e. The normalized spacial score (nSPS) is 10.4. The van der Waals surface area contributed by atoms with Crippen LogP contribution in [0.2, 0.25) is 0 Å². The standard InChI is InChI=1S/C9H14N2OS2/c1-3-8(12)5-4-6-13-9-10-7(2)11-14-9/h3-6H2,1-2H3. The number of carbonyl (C=O) groups excluding carboxylic acids is 1. The van der Waals surface area contributed by atoms with Gasteiger partial charge in [0.1, 0.15) is 11.6 Å². The summed E-state index contributed by atoms with van der Waals surface area (Å²) in [6.07, 6.45) is 2.29. The lowest BCUT2D eigenvalue weighted by Crippen LogP contribution is -1.95. The first-order valence-corrected chi connectivity index (χ1v) is 6.43. The molecule has 1 aromatic heterocycles. The minimum absolute atomic E-state index is 0.346. The second kappa shape index (κ2) is 6.14. The molecule has 0 aliphatic heterocycles. The molecule has 0 saturated heterocycles. The Labute approximate surface area is 92.5 Å². The predicted octanol–water partition coefficient (Wildman–Crippen LogP) is 2.70. The first-order chi connectivity index (χ1) is 6.72. The van der Waals surface area contributed by atoms with Gasteiger partial charge in [-0.05, 0) is 24.9 Å². The minimum atomic E-state index is 0.346. The van der Waals surface area contributed by atoms with Crippen LogP contribution in [0.3, 0.4) is 0 Å². The average molecular weight is 230 g/mol. The van der Waals surface area contributed by atoms with Crippen molar-refractivity contribution in [1.29, 1.82) is 0 Å². The Balaban J connectivity index is 2.13. The average Bonchev–Trinajstić information content (AvgIpc) is 2.58. The third-order valence-corrected chi connectivity index (χ3v) is 3.74. The zero-order chi connectivity index (χ0) is 10.4. The van der Waals surface area contributed by atoms with Crippen LogP contribution in [0.4, 0.5) is 0 Å². The number of Topliss-reactive ketones (excluding diaryl/α,β-unsaturated/α-hetero) is 1. The lowest BCUT2D eigenvalue weighted by molar-refractivity contribution is -0.118. The molecule has 1 rings (SSSR count). The highest BCUT2D eigenvalue weighted by Gasteiger charge is 2.02. The van der Waals surface area contributed by atoms with Crippen LogP contribution in [0.5, 0.6) is 0 Å². The highest BCUT2D eigenvalue weighted by molar-refractivity contribution is 8.00. The Bertz CT molecular complexity index is 299. The molecular formula is C9H14N2OS2. The summed E-state index contributed by atoms with van der Waals surface area (Å²) in [7, 11) is 0. The van der Waals surface area contributed by atoms with Crippen molar-refractivity contribution in [2.75, 3.05) is 5.75 Å². The van der Waals surface area contributed by atoms with Crippen LogP contribution in [-0.2, 0) is 4.79 Å². The molecule has 0 aliphatic rings. The van der Waals surface area contributed by atoms with Crippen LogP contribution < -0.4 is 0 Å². The fourth-order valence-corrected chi connectivity index (χ4v) is 2.60. The van der Waals surface area contributed by atoms with Gasteiger partial charge in [0.05, 0.1) is 0 Å². The summed E-state index contributed by atoms with van der Waals surface area (Å²) >= 11 is 3.12. The van der Waals surface area contributed by atoms with Gasteiger partial charge >= 0.3 is 0 Å². The number of rotatable bonds is 6. The third-order valence-electron chi connectivity index (χ3n) is 1.73. The van der Waals surface area contributed by atoms with Gasteiger partial charge in [-0.25, -0.2) is 4.98 Å². The summed E-state index contributed by atoms with van der Waals surface area (Å²) in [6, 6.07) is 0. The van der Waals surface area contributed by atoms with Crippen LogP contribution in [0.15, 0.2) is 4.34 Å². The molecule has 0 amide bonds. The van der Waals surface area contributed by atoms with E-state index in [1.165, 1.54) is 11.5 Å². The summed E-state index contributed by atoms with van der Waals surface area (Å²) in [5.74, 6) is 2.14. The smallest absolute Gasteiger partial charge is 0.170 e. The van der Waals surface area contributed by atoms with Crippen molar-refractivity contribution in [2.45, 2.75) is 37.4 Å². The number of carbonyl (C=O) groups is 1. The number of nitrogens with zero attached hydrogens (tertiary/aromatic N) is 2. The molecule has 0 spiro atoms. The second-order valence-electron chi connectivity index (χ2n) is 2.95. The van der Waals surface area contributed by atoms with Crippen LogP contribution in [0.25, 0.3) is 0 Å². The fraction of sp³-hybridized carbons (Fsp3) is 0.667. The van der Waals surface area contributed by atoms with Gasteiger partial charge in [0.25, 0.3) is 0 Å². The van der Waals surface area contributed by atoms with Crippen LogP contribution in [-0.4, -0.2) is 20.9 Å². The van der Waals surface area contributed by atoms with Gasteiger partial charge in [0, 0.05) is 18.6 Å². The Morgan fingerprint density at radius 1 is 1.57 bits per heavy atom. The van der Waals surface area contributed by atoms with Gasteiger partial charge in [-0.15, -0.1) is 0 Å². The summed E-state index contributed by atoms with van der Waals surface area (Å²) in [4.78, 5) is 15.2. The van der Waals surface area contributed by atoms with E-state index in [1.807, 2.05) is 13.8 Å². The fourth-order valence-electron chi connectivity index (χ4n) is 0.942. The van der Waals surface area contributed by atoms with E-state index in [4.69, 9.17) is 0 Å². The lowest BCUT2D eigenvalue weighted by Gasteiger charge is -1.96. The maximum atomic E-state index is 11.0. The summed E-state index contributed by atoms with van der Waals surface area (Å²) < 4.78 is 5.10. The topological polar surface area (TPSA) is 42.9 Å². The van der Waals surface area contributed by atoms with Crippen LogP contribution in [0, 0.1) is 6.92 Å². The summed E-state index contributed by atoms with van der Waals surface area (Å²) in [5, 5.41) is 0. The van der Waals surface area contributed by atoms with Crippen LogP contribution >= 0.6 is 23.3 Å². The van der Waals surface area contributed by atoms with Crippen molar-refractivity contribution in [3.63, 3.8) is 0 Å². The second-order valence-corrected chi connectivity index (χ2v) is 5.05. The molecule has 0 radical (unpaired) electrons. The maximum Gasteiger partial charge on any atom is 0.170 e. The number of aryl methyl sites for hydroxylation is 1. The number of thioether (sulfide) groups is 1. The lowest BCUT2D eigenvalue weighted by atomic mass is 10.2. The van der Waals surface area contributed by atoms with Crippen molar-refractivity contribution in [1.82, 2.24) is 9.36 Å².